The predicted octanol–water partition coefficient (Wildman–Crippen LogP) is 7.73. The summed E-state index contributed by atoms with van der Waals surface area (Å²) in [5.74, 6) is 2.48. The lowest BCUT2D eigenvalue weighted by Crippen LogP contribution is -1.97. The van der Waals surface area contributed by atoms with Gasteiger partial charge in [0.2, 0.25) is 0 Å². The summed E-state index contributed by atoms with van der Waals surface area (Å²) in [7, 11) is 0. The van der Waals surface area contributed by atoms with Crippen LogP contribution in [0.4, 0.5) is 0 Å². The Kier molecular flexibility index (Phi) is 5.24. The Balaban J connectivity index is 1.57. The summed E-state index contributed by atoms with van der Waals surface area (Å²) in [5, 5.41) is 5.53. The summed E-state index contributed by atoms with van der Waals surface area (Å²) in [6, 6.07) is 13.9. The number of nitrogens with one attached hydrogen (secondary N) is 2. The van der Waals surface area contributed by atoms with E-state index in [1.54, 1.807) is 11.1 Å². The fourth-order valence-corrected chi connectivity index (χ4v) is 5.53. The summed E-state index contributed by atoms with van der Waals surface area (Å²) < 4.78 is 0. The zero-order chi connectivity index (χ0) is 23.2. The molecule has 0 radical (unpaired) electrons. The average molecular weight is 449 g/mol. The molecule has 2 aromatic heterocycles. The molecule has 4 heteroatoms. The van der Waals surface area contributed by atoms with E-state index < -0.39 is 0 Å². The molecule has 2 heterocycles. The van der Waals surface area contributed by atoms with Gasteiger partial charge in [-0.3, -0.25) is 0 Å². The number of aromatic nitrogens is 4. The summed E-state index contributed by atoms with van der Waals surface area (Å²) >= 11 is 0. The summed E-state index contributed by atoms with van der Waals surface area (Å²) in [5.41, 5.74) is 7.74. The molecule has 2 N–H and O–H groups in total. The van der Waals surface area contributed by atoms with Gasteiger partial charge in [-0.2, -0.15) is 0 Å². The zero-order valence-corrected chi connectivity index (χ0v) is 20.3. The van der Waals surface area contributed by atoms with Crippen molar-refractivity contribution >= 4 is 21.5 Å². The van der Waals surface area contributed by atoms with E-state index in [4.69, 9.17) is 0 Å². The van der Waals surface area contributed by atoms with Gasteiger partial charge in [-0.25, -0.2) is 9.97 Å². The monoisotopic (exact) mass is 448 g/mol. The van der Waals surface area contributed by atoms with E-state index in [-0.39, 0.29) is 0 Å². The van der Waals surface area contributed by atoms with Gasteiger partial charge in [0.05, 0.1) is 23.8 Å². The lowest BCUT2D eigenvalue weighted by molar-refractivity contribution is 0.713. The minimum atomic E-state index is 0.395. The Bertz CT molecular complexity index is 1500. The molecule has 1 aliphatic rings. The lowest BCUT2D eigenvalue weighted by Gasteiger charge is -2.17. The van der Waals surface area contributed by atoms with Crippen LogP contribution in [-0.4, -0.2) is 19.9 Å². The van der Waals surface area contributed by atoms with Gasteiger partial charge in [0.15, 0.2) is 0 Å². The van der Waals surface area contributed by atoms with Gasteiger partial charge in [-0.05, 0) is 70.5 Å². The SMILES string of the molecule is CCc1ncc(-c2ccc3c(c2)c2c(c4cc(-c5cnc(C(C)C)[nH]5)ccc43)CCCCC2)[nH]1. The van der Waals surface area contributed by atoms with Gasteiger partial charge >= 0.3 is 0 Å². The van der Waals surface area contributed by atoms with E-state index in [1.165, 1.54) is 51.9 Å². The van der Waals surface area contributed by atoms with Crippen LogP contribution in [0.15, 0.2) is 48.8 Å². The van der Waals surface area contributed by atoms with Crippen LogP contribution in [0.1, 0.15) is 68.7 Å². The zero-order valence-electron chi connectivity index (χ0n) is 20.3. The fourth-order valence-electron chi connectivity index (χ4n) is 5.53. The minimum absolute atomic E-state index is 0.395. The normalized spacial score (nSPS) is 14.1. The van der Waals surface area contributed by atoms with E-state index in [1.807, 2.05) is 12.4 Å². The van der Waals surface area contributed by atoms with Crippen molar-refractivity contribution in [2.75, 3.05) is 0 Å². The topological polar surface area (TPSA) is 57.4 Å². The molecule has 34 heavy (non-hydrogen) atoms. The van der Waals surface area contributed by atoms with E-state index >= 15 is 0 Å². The first-order valence-electron chi connectivity index (χ1n) is 12.7. The number of H-pyrrole nitrogens is 2. The van der Waals surface area contributed by atoms with Gasteiger partial charge < -0.3 is 9.97 Å². The molecule has 0 bridgehead atoms. The van der Waals surface area contributed by atoms with Crippen LogP contribution in [0.5, 0.6) is 0 Å². The minimum Gasteiger partial charge on any atom is -0.342 e. The maximum Gasteiger partial charge on any atom is 0.109 e. The third-order valence-electron chi connectivity index (χ3n) is 7.43. The quantitative estimate of drug-likeness (QED) is 0.218. The van der Waals surface area contributed by atoms with Crippen molar-refractivity contribution in [3.05, 3.63) is 71.6 Å². The summed E-state index contributed by atoms with van der Waals surface area (Å²) in [6.45, 7) is 6.49. The second kappa shape index (κ2) is 8.43. The Hall–Kier alpha value is -3.40. The van der Waals surface area contributed by atoms with Gasteiger partial charge in [0.25, 0.3) is 0 Å². The fraction of sp³-hybridized carbons (Fsp3) is 0.333. The number of fused-ring (bicyclic) bond motifs is 6. The molecule has 0 unspecified atom stereocenters. The van der Waals surface area contributed by atoms with Crippen molar-refractivity contribution in [2.24, 2.45) is 0 Å². The molecule has 0 aliphatic heterocycles. The second-order valence-corrected chi connectivity index (χ2v) is 9.97. The number of rotatable bonds is 4. The van der Waals surface area contributed by atoms with Gasteiger partial charge in [-0.15, -0.1) is 0 Å². The molecular formula is C30H32N4. The molecule has 0 spiro atoms. The van der Waals surface area contributed by atoms with E-state index in [0.29, 0.717) is 5.92 Å². The smallest absolute Gasteiger partial charge is 0.109 e. The molecule has 6 rings (SSSR count). The van der Waals surface area contributed by atoms with Crippen LogP contribution < -0.4 is 0 Å². The van der Waals surface area contributed by atoms with Crippen LogP contribution in [0.2, 0.25) is 0 Å². The highest BCUT2D eigenvalue weighted by molar-refractivity contribution is 6.12. The molecule has 0 saturated carbocycles. The molecule has 1 aliphatic carbocycles. The molecule has 0 saturated heterocycles. The van der Waals surface area contributed by atoms with Crippen molar-refractivity contribution in [1.29, 1.82) is 0 Å². The van der Waals surface area contributed by atoms with Crippen molar-refractivity contribution in [3.63, 3.8) is 0 Å². The Labute approximate surface area is 200 Å². The average Bonchev–Trinajstić information content (AvgIpc) is 3.48. The number of aryl methyl sites for hydroxylation is 3. The first-order chi connectivity index (χ1) is 16.6. The summed E-state index contributed by atoms with van der Waals surface area (Å²) in [4.78, 5) is 16.2. The lowest BCUT2D eigenvalue weighted by atomic mass is 9.87. The number of benzene rings is 3. The highest BCUT2D eigenvalue weighted by atomic mass is 14.9. The van der Waals surface area contributed by atoms with E-state index in [2.05, 4.69) is 77.1 Å². The molecule has 0 atom stereocenters. The molecule has 172 valence electrons. The second-order valence-electron chi connectivity index (χ2n) is 9.97. The maximum absolute atomic E-state index is 4.61. The van der Waals surface area contributed by atoms with Gasteiger partial charge in [0.1, 0.15) is 11.6 Å². The van der Waals surface area contributed by atoms with Crippen LogP contribution in [0, 0.1) is 0 Å². The first kappa shape index (κ1) is 21.2. The van der Waals surface area contributed by atoms with Crippen LogP contribution in [-0.2, 0) is 19.3 Å². The molecule has 5 aromatic rings. The Morgan fingerprint density at radius 2 is 1.32 bits per heavy atom. The van der Waals surface area contributed by atoms with Crippen LogP contribution in [0.3, 0.4) is 0 Å². The third-order valence-corrected chi connectivity index (χ3v) is 7.43. The van der Waals surface area contributed by atoms with Crippen molar-refractivity contribution in [1.82, 2.24) is 19.9 Å². The van der Waals surface area contributed by atoms with E-state index in [9.17, 15) is 0 Å². The summed E-state index contributed by atoms with van der Waals surface area (Å²) in [6.07, 6.45) is 11.0. The standard InChI is InChI=1S/C30H32N4/c1-4-29-31-16-27(33-29)19-10-12-23-24-13-11-20(28-17-32-30(34-28)18(2)3)15-26(24)22-9-7-5-6-8-21(22)25(23)14-19/h10-18H,4-9H2,1-3H3,(H,31,33)(H,32,34). The van der Waals surface area contributed by atoms with Crippen molar-refractivity contribution < 1.29 is 0 Å². The number of nitrogens with zero attached hydrogens (tertiary/aromatic N) is 2. The maximum atomic E-state index is 4.61. The Morgan fingerprint density at radius 1 is 0.735 bits per heavy atom. The number of imidazole rings is 2. The van der Waals surface area contributed by atoms with Crippen molar-refractivity contribution in [3.8, 4) is 22.5 Å². The van der Waals surface area contributed by atoms with Crippen LogP contribution in [0.25, 0.3) is 44.1 Å². The molecule has 4 nitrogen and oxygen atoms in total. The number of hydrogen-bond acceptors (Lipinski definition) is 2. The van der Waals surface area contributed by atoms with E-state index in [0.717, 1.165) is 42.3 Å². The Morgan fingerprint density at radius 3 is 1.85 bits per heavy atom. The van der Waals surface area contributed by atoms with Gasteiger partial charge in [0, 0.05) is 23.5 Å². The molecule has 0 amide bonds. The van der Waals surface area contributed by atoms with Crippen LogP contribution >= 0.6 is 0 Å². The first-order valence-corrected chi connectivity index (χ1v) is 12.7. The predicted molar refractivity (Wildman–Crippen MR) is 141 cm³/mol. The highest BCUT2D eigenvalue weighted by Gasteiger charge is 2.18. The molecular weight excluding hydrogens is 416 g/mol. The third kappa shape index (κ3) is 3.53. The van der Waals surface area contributed by atoms with Crippen molar-refractivity contribution in [2.45, 2.75) is 65.2 Å². The molecule has 0 fully saturated rings. The highest BCUT2D eigenvalue weighted by Crippen LogP contribution is 2.39. The number of aromatic amines is 2. The number of hydrogen-bond donors (Lipinski definition) is 2. The largest absolute Gasteiger partial charge is 0.342 e. The van der Waals surface area contributed by atoms with Gasteiger partial charge in [-0.1, -0.05) is 51.5 Å². The molecule has 3 aromatic carbocycles.